The molecular formula is C19H15Cl2N3O2. The molecule has 0 aliphatic carbocycles. The van der Waals surface area contributed by atoms with Crippen LogP contribution in [0.2, 0.25) is 10.3 Å². The fourth-order valence-corrected chi connectivity index (χ4v) is 2.69. The van der Waals surface area contributed by atoms with Gasteiger partial charge in [0.1, 0.15) is 16.9 Å². The fraction of sp³-hybridized carbons (Fsp3) is 0.105. The standard InChI is InChI=1S/C19H15Cl2N3O2/c20-16-11-17(21)23-18(22-16)24(12-14-7-3-1-4-8-14)19(25)26-13-15-9-5-2-6-10-15/h1-11H,12-13H2. The van der Waals surface area contributed by atoms with Crippen LogP contribution in [0.5, 0.6) is 0 Å². The molecule has 1 aromatic heterocycles. The first kappa shape index (κ1) is 18.2. The van der Waals surface area contributed by atoms with Gasteiger partial charge in [-0.1, -0.05) is 83.9 Å². The Kier molecular flexibility index (Phi) is 6.04. The zero-order valence-corrected chi connectivity index (χ0v) is 15.2. The molecule has 0 N–H and O–H groups in total. The van der Waals surface area contributed by atoms with Gasteiger partial charge in [0.2, 0.25) is 5.95 Å². The molecular weight excluding hydrogens is 373 g/mol. The Morgan fingerprint density at radius 1 is 0.885 bits per heavy atom. The van der Waals surface area contributed by atoms with E-state index >= 15 is 0 Å². The topological polar surface area (TPSA) is 55.3 Å². The number of aromatic nitrogens is 2. The second kappa shape index (κ2) is 8.65. The molecule has 7 heteroatoms. The summed E-state index contributed by atoms with van der Waals surface area (Å²) in [7, 11) is 0. The molecule has 1 amide bonds. The van der Waals surface area contributed by atoms with Gasteiger partial charge in [-0.15, -0.1) is 0 Å². The van der Waals surface area contributed by atoms with E-state index in [1.165, 1.54) is 11.0 Å². The summed E-state index contributed by atoms with van der Waals surface area (Å²) in [5.41, 5.74) is 1.77. The third-order valence-electron chi connectivity index (χ3n) is 3.50. The minimum absolute atomic E-state index is 0.0874. The highest BCUT2D eigenvalue weighted by atomic mass is 35.5. The van der Waals surface area contributed by atoms with E-state index in [0.717, 1.165) is 11.1 Å². The summed E-state index contributed by atoms with van der Waals surface area (Å²) < 4.78 is 5.42. The van der Waals surface area contributed by atoms with Crippen LogP contribution in [0.3, 0.4) is 0 Å². The average molecular weight is 388 g/mol. The highest BCUT2D eigenvalue weighted by molar-refractivity contribution is 6.33. The van der Waals surface area contributed by atoms with Crippen molar-refractivity contribution in [2.24, 2.45) is 0 Å². The van der Waals surface area contributed by atoms with Crippen molar-refractivity contribution in [1.29, 1.82) is 0 Å². The summed E-state index contributed by atoms with van der Waals surface area (Å²) in [6, 6.07) is 20.3. The number of carbonyl (C=O) groups is 1. The number of benzene rings is 2. The molecule has 2 aromatic carbocycles. The Balaban J connectivity index is 1.83. The van der Waals surface area contributed by atoms with Gasteiger partial charge in [0, 0.05) is 6.07 Å². The molecule has 0 atom stereocenters. The van der Waals surface area contributed by atoms with Gasteiger partial charge >= 0.3 is 6.09 Å². The van der Waals surface area contributed by atoms with E-state index in [0.29, 0.717) is 0 Å². The van der Waals surface area contributed by atoms with Crippen molar-refractivity contribution in [3.05, 3.63) is 88.2 Å². The average Bonchev–Trinajstić information content (AvgIpc) is 2.65. The maximum Gasteiger partial charge on any atom is 0.417 e. The van der Waals surface area contributed by atoms with Crippen LogP contribution in [0.1, 0.15) is 11.1 Å². The lowest BCUT2D eigenvalue weighted by atomic mass is 10.2. The number of nitrogens with zero attached hydrogens (tertiary/aromatic N) is 3. The van der Waals surface area contributed by atoms with Crippen LogP contribution in [0.4, 0.5) is 10.7 Å². The zero-order valence-electron chi connectivity index (χ0n) is 13.7. The molecule has 0 spiro atoms. The van der Waals surface area contributed by atoms with Crippen molar-refractivity contribution in [3.8, 4) is 0 Å². The number of hydrogen-bond donors (Lipinski definition) is 0. The number of hydrogen-bond acceptors (Lipinski definition) is 4. The predicted octanol–water partition coefficient (Wildman–Crippen LogP) is 5.13. The van der Waals surface area contributed by atoms with Crippen LogP contribution in [0.15, 0.2) is 66.7 Å². The Labute approximate surface area is 161 Å². The molecule has 0 aliphatic heterocycles. The highest BCUT2D eigenvalue weighted by Gasteiger charge is 2.21. The predicted molar refractivity (Wildman–Crippen MR) is 101 cm³/mol. The van der Waals surface area contributed by atoms with Gasteiger partial charge in [-0.2, -0.15) is 0 Å². The van der Waals surface area contributed by atoms with E-state index < -0.39 is 6.09 Å². The lowest BCUT2D eigenvalue weighted by molar-refractivity contribution is 0.146. The van der Waals surface area contributed by atoms with Crippen molar-refractivity contribution in [2.75, 3.05) is 4.90 Å². The van der Waals surface area contributed by atoms with E-state index in [9.17, 15) is 4.79 Å². The Morgan fingerprint density at radius 3 is 2.00 bits per heavy atom. The lowest BCUT2D eigenvalue weighted by Crippen LogP contribution is -2.32. The first-order chi connectivity index (χ1) is 12.6. The number of halogens is 2. The molecule has 0 bridgehead atoms. The van der Waals surface area contributed by atoms with E-state index in [4.69, 9.17) is 27.9 Å². The lowest BCUT2D eigenvalue weighted by Gasteiger charge is -2.20. The third-order valence-corrected chi connectivity index (χ3v) is 3.89. The number of anilines is 1. The van der Waals surface area contributed by atoms with E-state index in [2.05, 4.69) is 9.97 Å². The quantitative estimate of drug-likeness (QED) is 0.569. The number of ether oxygens (including phenoxy) is 1. The van der Waals surface area contributed by atoms with E-state index in [1.54, 1.807) is 0 Å². The summed E-state index contributed by atoms with van der Waals surface area (Å²) in [6.45, 7) is 0.365. The second-order valence-electron chi connectivity index (χ2n) is 5.43. The molecule has 0 radical (unpaired) electrons. The number of amides is 1. The minimum Gasteiger partial charge on any atom is -0.444 e. The van der Waals surface area contributed by atoms with Crippen LogP contribution in [0, 0.1) is 0 Å². The van der Waals surface area contributed by atoms with Crippen LogP contribution in [-0.4, -0.2) is 16.1 Å². The number of carbonyl (C=O) groups excluding carboxylic acids is 1. The first-order valence-corrected chi connectivity index (χ1v) is 8.59. The van der Waals surface area contributed by atoms with Crippen molar-refractivity contribution >= 4 is 35.2 Å². The summed E-state index contributed by atoms with van der Waals surface area (Å²) in [5, 5.41) is 0.294. The molecule has 132 valence electrons. The third kappa shape index (κ3) is 4.94. The summed E-state index contributed by atoms with van der Waals surface area (Å²) in [6.07, 6.45) is -0.587. The molecule has 0 saturated carbocycles. The molecule has 0 fully saturated rings. The highest BCUT2D eigenvalue weighted by Crippen LogP contribution is 2.20. The van der Waals surface area contributed by atoms with Gasteiger partial charge < -0.3 is 4.74 Å². The maximum absolute atomic E-state index is 12.7. The van der Waals surface area contributed by atoms with Gasteiger partial charge in [0.05, 0.1) is 6.54 Å². The minimum atomic E-state index is -0.587. The maximum atomic E-state index is 12.7. The fourth-order valence-electron chi connectivity index (χ4n) is 2.28. The normalized spacial score (nSPS) is 10.4. The first-order valence-electron chi connectivity index (χ1n) is 7.84. The summed E-state index contributed by atoms with van der Waals surface area (Å²) >= 11 is 11.9. The Hall–Kier alpha value is -2.63. The largest absolute Gasteiger partial charge is 0.444 e. The van der Waals surface area contributed by atoms with Crippen LogP contribution < -0.4 is 4.90 Å². The molecule has 5 nitrogen and oxygen atoms in total. The smallest absolute Gasteiger partial charge is 0.417 e. The molecule has 3 rings (SSSR count). The van der Waals surface area contributed by atoms with Gasteiger partial charge in [-0.05, 0) is 11.1 Å². The SMILES string of the molecule is O=C(OCc1ccccc1)N(Cc1ccccc1)c1nc(Cl)cc(Cl)n1. The van der Waals surface area contributed by atoms with Crippen molar-refractivity contribution in [3.63, 3.8) is 0 Å². The summed E-state index contributed by atoms with van der Waals surface area (Å²) in [4.78, 5) is 22.2. The number of rotatable bonds is 5. The summed E-state index contributed by atoms with van der Waals surface area (Å²) in [5.74, 6) is 0.0874. The van der Waals surface area contributed by atoms with Crippen LogP contribution >= 0.6 is 23.2 Å². The van der Waals surface area contributed by atoms with Gasteiger partial charge in [0.15, 0.2) is 0 Å². The van der Waals surface area contributed by atoms with Crippen molar-refractivity contribution < 1.29 is 9.53 Å². The molecule has 3 aromatic rings. The van der Waals surface area contributed by atoms with Crippen LogP contribution in [0.25, 0.3) is 0 Å². The van der Waals surface area contributed by atoms with E-state index in [-0.39, 0.29) is 29.4 Å². The molecule has 0 unspecified atom stereocenters. The molecule has 26 heavy (non-hydrogen) atoms. The van der Waals surface area contributed by atoms with Gasteiger partial charge in [-0.3, -0.25) is 0 Å². The zero-order chi connectivity index (χ0) is 18.4. The second-order valence-corrected chi connectivity index (χ2v) is 6.20. The molecule has 1 heterocycles. The van der Waals surface area contributed by atoms with Gasteiger partial charge in [-0.25, -0.2) is 19.7 Å². The van der Waals surface area contributed by atoms with Crippen molar-refractivity contribution in [1.82, 2.24) is 9.97 Å². The van der Waals surface area contributed by atoms with Crippen LogP contribution in [-0.2, 0) is 17.9 Å². The molecule has 0 aliphatic rings. The Bertz CT molecular complexity index is 856. The van der Waals surface area contributed by atoms with Crippen molar-refractivity contribution in [2.45, 2.75) is 13.2 Å². The monoisotopic (exact) mass is 387 g/mol. The Morgan fingerprint density at radius 2 is 1.42 bits per heavy atom. The van der Waals surface area contributed by atoms with E-state index in [1.807, 2.05) is 60.7 Å². The molecule has 0 saturated heterocycles. The van der Waals surface area contributed by atoms with Gasteiger partial charge in [0.25, 0.3) is 0 Å².